The van der Waals surface area contributed by atoms with Gasteiger partial charge in [0.05, 0.1) is 22.3 Å². The largest absolute Gasteiger partial charge is 0.392 e. The van der Waals surface area contributed by atoms with Crippen molar-refractivity contribution in [2.45, 2.75) is 32.0 Å². The molecule has 0 aliphatic carbocycles. The number of hydrogen-bond acceptors (Lipinski definition) is 5. The second-order valence-electron chi connectivity index (χ2n) is 8.73. The van der Waals surface area contributed by atoms with E-state index in [-0.39, 0.29) is 12.0 Å². The molecule has 3 unspecified atom stereocenters. The van der Waals surface area contributed by atoms with E-state index in [1.807, 2.05) is 11.0 Å². The van der Waals surface area contributed by atoms with Crippen LogP contribution in [0.15, 0.2) is 24.3 Å². The summed E-state index contributed by atoms with van der Waals surface area (Å²) in [6.07, 6.45) is 4.40. The molecule has 2 aliphatic rings. The van der Waals surface area contributed by atoms with Crippen molar-refractivity contribution in [1.82, 2.24) is 14.7 Å². The maximum Gasteiger partial charge on any atom is 0.246 e. The summed E-state index contributed by atoms with van der Waals surface area (Å²) in [7, 11) is 0. The lowest BCUT2D eigenvalue weighted by Gasteiger charge is -2.36. The molecule has 0 spiro atoms. The summed E-state index contributed by atoms with van der Waals surface area (Å²) < 4.78 is 0. The molecule has 0 saturated carbocycles. The Morgan fingerprint density at radius 3 is 2.65 bits per heavy atom. The first-order valence-corrected chi connectivity index (χ1v) is 11.8. The van der Waals surface area contributed by atoms with Gasteiger partial charge in [0.1, 0.15) is 0 Å². The lowest BCUT2D eigenvalue weighted by molar-refractivity contribution is -0.125. The first-order chi connectivity index (χ1) is 14.8. The zero-order valence-electron chi connectivity index (χ0n) is 18.1. The number of aliphatic hydroxyl groups excluding tert-OH is 2. The van der Waals surface area contributed by atoms with Gasteiger partial charge in [-0.05, 0) is 55.6 Å². The molecule has 1 aromatic carbocycles. The number of carbonyl (C=O) groups is 1. The molecule has 2 heterocycles. The van der Waals surface area contributed by atoms with Gasteiger partial charge in [0.2, 0.25) is 5.91 Å². The van der Waals surface area contributed by atoms with E-state index in [1.54, 1.807) is 24.3 Å². The SMILES string of the molecule is CC1CCN(CC(O)CN2CCCN(C(=O)/C=C/c3ccc(Cl)c(Cl)c3)CC2)CC1O. The molecule has 0 bridgehead atoms. The molecule has 31 heavy (non-hydrogen) atoms. The molecule has 0 aromatic heterocycles. The lowest BCUT2D eigenvalue weighted by Crippen LogP contribution is -2.48. The number of rotatable bonds is 6. The zero-order chi connectivity index (χ0) is 22.4. The van der Waals surface area contributed by atoms with Gasteiger partial charge in [-0.3, -0.25) is 14.6 Å². The van der Waals surface area contributed by atoms with Gasteiger partial charge in [0, 0.05) is 45.3 Å². The number of β-amino-alcohol motifs (C(OH)–C–C–N with tert-alkyl or cyclic N) is 2. The van der Waals surface area contributed by atoms with Crippen molar-refractivity contribution in [3.05, 3.63) is 39.9 Å². The number of nitrogens with zero attached hydrogens (tertiary/aromatic N) is 3. The van der Waals surface area contributed by atoms with E-state index in [4.69, 9.17) is 23.2 Å². The molecule has 6 nitrogen and oxygen atoms in total. The second-order valence-corrected chi connectivity index (χ2v) is 9.55. The number of likely N-dealkylation sites (tertiary alicyclic amines) is 1. The average Bonchev–Trinajstić information content (AvgIpc) is 2.97. The van der Waals surface area contributed by atoms with Gasteiger partial charge in [-0.1, -0.05) is 36.2 Å². The van der Waals surface area contributed by atoms with Gasteiger partial charge >= 0.3 is 0 Å². The van der Waals surface area contributed by atoms with E-state index >= 15 is 0 Å². The van der Waals surface area contributed by atoms with Crippen LogP contribution in [-0.2, 0) is 4.79 Å². The highest BCUT2D eigenvalue weighted by Gasteiger charge is 2.26. The van der Waals surface area contributed by atoms with E-state index in [0.29, 0.717) is 48.7 Å². The molecule has 0 radical (unpaired) electrons. The summed E-state index contributed by atoms with van der Waals surface area (Å²) in [5.41, 5.74) is 0.833. The number of amides is 1. The highest BCUT2D eigenvalue weighted by Crippen LogP contribution is 2.23. The molecule has 1 aromatic rings. The quantitative estimate of drug-likeness (QED) is 0.626. The van der Waals surface area contributed by atoms with Crippen LogP contribution in [0.4, 0.5) is 0 Å². The fourth-order valence-corrected chi connectivity index (χ4v) is 4.50. The van der Waals surface area contributed by atoms with Crippen molar-refractivity contribution in [1.29, 1.82) is 0 Å². The second kappa shape index (κ2) is 11.6. The summed E-state index contributed by atoms with van der Waals surface area (Å²) in [5, 5.41) is 21.6. The van der Waals surface area contributed by atoms with Crippen LogP contribution in [0.2, 0.25) is 10.0 Å². The number of benzene rings is 1. The molecule has 172 valence electrons. The third-order valence-corrected chi connectivity index (χ3v) is 6.94. The molecular formula is C23H33Cl2N3O3. The maximum absolute atomic E-state index is 12.6. The van der Waals surface area contributed by atoms with Crippen molar-refractivity contribution in [2.24, 2.45) is 5.92 Å². The summed E-state index contributed by atoms with van der Waals surface area (Å²) in [4.78, 5) is 18.8. The van der Waals surface area contributed by atoms with Gasteiger partial charge in [0.25, 0.3) is 0 Å². The van der Waals surface area contributed by atoms with Crippen molar-refractivity contribution in [2.75, 3.05) is 52.4 Å². The fraction of sp³-hybridized carbons (Fsp3) is 0.609. The van der Waals surface area contributed by atoms with Crippen LogP contribution < -0.4 is 0 Å². The van der Waals surface area contributed by atoms with Gasteiger partial charge in [0.15, 0.2) is 0 Å². The van der Waals surface area contributed by atoms with Crippen molar-refractivity contribution >= 4 is 35.2 Å². The van der Waals surface area contributed by atoms with E-state index in [9.17, 15) is 15.0 Å². The highest BCUT2D eigenvalue weighted by molar-refractivity contribution is 6.42. The molecule has 1 amide bonds. The third-order valence-electron chi connectivity index (χ3n) is 6.20. The highest BCUT2D eigenvalue weighted by atomic mass is 35.5. The Morgan fingerprint density at radius 2 is 1.90 bits per heavy atom. The summed E-state index contributed by atoms with van der Waals surface area (Å²) in [6.45, 7) is 7.72. The van der Waals surface area contributed by atoms with Crippen molar-refractivity contribution in [3.8, 4) is 0 Å². The van der Waals surface area contributed by atoms with Crippen LogP contribution in [0.5, 0.6) is 0 Å². The molecular weight excluding hydrogens is 437 g/mol. The number of piperidine rings is 1. The van der Waals surface area contributed by atoms with Crippen molar-refractivity contribution in [3.63, 3.8) is 0 Å². The predicted molar refractivity (Wildman–Crippen MR) is 125 cm³/mol. The molecule has 2 saturated heterocycles. The summed E-state index contributed by atoms with van der Waals surface area (Å²) in [5.74, 6) is 0.304. The standard InChI is InChI=1S/C23H33Cl2N3O3/c1-17-7-10-27(16-22(17)30)15-19(29)14-26-8-2-9-28(12-11-26)23(31)6-4-18-3-5-20(24)21(25)13-18/h3-6,13,17,19,22,29-30H,2,7-12,14-16H2,1H3/b6-4+. The Balaban J connectivity index is 1.44. The topological polar surface area (TPSA) is 67.2 Å². The third kappa shape index (κ3) is 7.45. The normalized spacial score (nSPS) is 25.0. The molecule has 2 fully saturated rings. The molecule has 3 atom stereocenters. The predicted octanol–water partition coefficient (Wildman–Crippen LogP) is 2.60. The van der Waals surface area contributed by atoms with Crippen molar-refractivity contribution < 1.29 is 15.0 Å². The summed E-state index contributed by atoms with van der Waals surface area (Å²) >= 11 is 12.0. The fourth-order valence-electron chi connectivity index (χ4n) is 4.20. The van der Waals surface area contributed by atoms with Gasteiger partial charge in [-0.15, -0.1) is 0 Å². The molecule has 2 aliphatic heterocycles. The number of carbonyl (C=O) groups excluding carboxylic acids is 1. The minimum atomic E-state index is -0.461. The van der Waals surface area contributed by atoms with Crippen LogP contribution in [0.25, 0.3) is 6.08 Å². The Labute approximate surface area is 195 Å². The van der Waals surface area contributed by atoms with Crippen LogP contribution >= 0.6 is 23.2 Å². The Bertz CT molecular complexity index is 776. The number of aliphatic hydroxyl groups is 2. The van der Waals surface area contributed by atoms with Crippen LogP contribution in [0.3, 0.4) is 0 Å². The Kier molecular flexibility index (Phi) is 9.19. The minimum absolute atomic E-state index is 0.0232. The van der Waals surface area contributed by atoms with Gasteiger partial charge < -0.3 is 15.1 Å². The molecule has 2 N–H and O–H groups in total. The van der Waals surface area contributed by atoms with E-state index in [1.165, 1.54) is 0 Å². The smallest absolute Gasteiger partial charge is 0.246 e. The zero-order valence-corrected chi connectivity index (χ0v) is 19.6. The molecule has 3 rings (SSSR count). The van der Waals surface area contributed by atoms with E-state index in [2.05, 4.69) is 16.7 Å². The first kappa shape index (κ1) is 24.5. The first-order valence-electron chi connectivity index (χ1n) is 11.0. The van der Waals surface area contributed by atoms with Gasteiger partial charge in [-0.2, -0.15) is 0 Å². The van der Waals surface area contributed by atoms with Crippen LogP contribution in [-0.4, -0.2) is 95.4 Å². The molecule has 8 heteroatoms. The minimum Gasteiger partial charge on any atom is -0.392 e. The Hall–Kier alpha value is -1.15. The lowest BCUT2D eigenvalue weighted by atomic mass is 9.96. The van der Waals surface area contributed by atoms with Crippen LogP contribution in [0, 0.1) is 5.92 Å². The number of hydrogen-bond donors (Lipinski definition) is 2. The maximum atomic E-state index is 12.6. The average molecular weight is 470 g/mol. The Morgan fingerprint density at radius 1 is 1.13 bits per heavy atom. The van der Waals surface area contributed by atoms with E-state index < -0.39 is 6.10 Å². The summed E-state index contributed by atoms with van der Waals surface area (Å²) in [6, 6.07) is 5.28. The van der Waals surface area contributed by atoms with Gasteiger partial charge in [-0.25, -0.2) is 0 Å². The van der Waals surface area contributed by atoms with Crippen LogP contribution in [0.1, 0.15) is 25.3 Å². The monoisotopic (exact) mass is 469 g/mol. The van der Waals surface area contributed by atoms with E-state index in [0.717, 1.165) is 38.0 Å². The number of halogens is 2.